The summed E-state index contributed by atoms with van der Waals surface area (Å²) in [6.45, 7) is 10.7. The molecule has 134 valence electrons. The van der Waals surface area contributed by atoms with Crippen LogP contribution in [0.5, 0.6) is 0 Å². The molecule has 1 fully saturated rings. The van der Waals surface area contributed by atoms with Gasteiger partial charge in [0, 0.05) is 44.5 Å². The Morgan fingerprint density at radius 1 is 1.16 bits per heavy atom. The maximum Gasteiger partial charge on any atom is 0.222 e. The van der Waals surface area contributed by atoms with Gasteiger partial charge in [0.2, 0.25) is 5.91 Å². The van der Waals surface area contributed by atoms with Crippen LogP contribution in [-0.4, -0.2) is 46.9 Å². The number of piperazine rings is 1. The van der Waals surface area contributed by atoms with Gasteiger partial charge in [-0.3, -0.25) is 9.69 Å². The number of benzene rings is 1. The Morgan fingerprint density at radius 3 is 2.56 bits per heavy atom. The Labute approximate surface area is 154 Å². The van der Waals surface area contributed by atoms with Crippen LogP contribution in [-0.2, 0) is 17.8 Å². The molecular formula is C20H27N3OS. The van der Waals surface area contributed by atoms with E-state index in [1.54, 1.807) is 11.3 Å². The molecule has 1 saturated heterocycles. The topological polar surface area (TPSA) is 36.4 Å². The lowest BCUT2D eigenvalue weighted by atomic mass is 10.0. The van der Waals surface area contributed by atoms with Crippen LogP contribution in [0.2, 0.25) is 0 Å². The van der Waals surface area contributed by atoms with Crippen LogP contribution < -0.4 is 0 Å². The van der Waals surface area contributed by atoms with Gasteiger partial charge in [-0.2, -0.15) is 0 Å². The molecule has 1 aromatic carbocycles. The van der Waals surface area contributed by atoms with E-state index in [9.17, 15) is 4.79 Å². The fraction of sp³-hybridized carbons (Fsp3) is 0.500. The highest BCUT2D eigenvalue weighted by Gasteiger charge is 2.21. The smallest absolute Gasteiger partial charge is 0.222 e. The first-order chi connectivity index (χ1) is 12.0. The molecule has 1 aliphatic rings. The van der Waals surface area contributed by atoms with Crippen molar-refractivity contribution in [3.63, 3.8) is 0 Å². The quantitative estimate of drug-likeness (QED) is 0.823. The molecule has 1 aliphatic heterocycles. The molecule has 0 aliphatic carbocycles. The molecule has 2 heterocycles. The summed E-state index contributed by atoms with van der Waals surface area (Å²) in [6, 6.07) is 6.48. The van der Waals surface area contributed by atoms with Gasteiger partial charge in [-0.1, -0.05) is 23.8 Å². The summed E-state index contributed by atoms with van der Waals surface area (Å²) in [5, 5.41) is 3.26. The molecule has 0 spiro atoms. The number of thiazole rings is 1. The molecule has 5 heteroatoms. The molecule has 0 saturated carbocycles. The van der Waals surface area contributed by atoms with Gasteiger partial charge in [0.1, 0.15) is 0 Å². The fourth-order valence-corrected chi connectivity index (χ4v) is 4.00. The third-order valence-corrected chi connectivity index (χ3v) is 5.71. The minimum atomic E-state index is 0.282. The number of amides is 1. The molecule has 1 amide bonds. The minimum Gasteiger partial charge on any atom is -0.340 e. The van der Waals surface area contributed by atoms with Crippen LogP contribution >= 0.6 is 11.3 Å². The number of carbonyl (C=O) groups is 1. The van der Waals surface area contributed by atoms with E-state index >= 15 is 0 Å². The summed E-state index contributed by atoms with van der Waals surface area (Å²) >= 11 is 1.70. The van der Waals surface area contributed by atoms with Gasteiger partial charge in [0.05, 0.1) is 10.7 Å². The van der Waals surface area contributed by atoms with Crippen molar-refractivity contribution in [2.45, 2.75) is 40.2 Å². The zero-order valence-corrected chi connectivity index (χ0v) is 16.2. The number of aromatic nitrogens is 1. The van der Waals surface area contributed by atoms with Crippen LogP contribution in [0.1, 0.15) is 33.8 Å². The third kappa shape index (κ3) is 4.89. The largest absolute Gasteiger partial charge is 0.340 e. The lowest BCUT2D eigenvalue weighted by Crippen LogP contribution is -2.48. The monoisotopic (exact) mass is 357 g/mol. The SMILES string of the molecule is Cc1ccc(CCC(=O)N2CCN(Cc3csc(C)n3)CC2)c(C)c1. The highest BCUT2D eigenvalue weighted by atomic mass is 32.1. The zero-order valence-electron chi connectivity index (χ0n) is 15.4. The second kappa shape index (κ2) is 8.11. The van der Waals surface area contributed by atoms with Crippen LogP contribution in [0.3, 0.4) is 0 Å². The Hall–Kier alpha value is -1.72. The Kier molecular flexibility index (Phi) is 5.86. The van der Waals surface area contributed by atoms with E-state index in [0.29, 0.717) is 6.42 Å². The standard InChI is InChI=1S/C20H27N3OS/c1-15-4-5-18(16(2)12-15)6-7-20(24)23-10-8-22(9-11-23)13-19-14-25-17(3)21-19/h4-5,12,14H,6-11,13H2,1-3H3. The van der Waals surface area contributed by atoms with Gasteiger partial charge in [-0.05, 0) is 38.3 Å². The summed E-state index contributed by atoms with van der Waals surface area (Å²) in [7, 11) is 0. The fourth-order valence-electron chi connectivity index (χ4n) is 3.39. The van der Waals surface area contributed by atoms with E-state index < -0.39 is 0 Å². The lowest BCUT2D eigenvalue weighted by molar-refractivity contribution is -0.133. The minimum absolute atomic E-state index is 0.282. The first-order valence-corrected chi connectivity index (χ1v) is 9.86. The van der Waals surface area contributed by atoms with Crippen LogP contribution in [0.4, 0.5) is 0 Å². The molecule has 25 heavy (non-hydrogen) atoms. The molecule has 2 aromatic rings. The van der Waals surface area contributed by atoms with E-state index in [-0.39, 0.29) is 5.91 Å². The van der Waals surface area contributed by atoms with Gasteiger partial charge in [0.25, 0.3) is 0 Å². The van der Waals surface area contributed by atoms with Gasteiger partial charge in [-0.25, -0.2) is 4.98 Å². The first kappa shape index (κ1) is 18.1. The molecule has 0 unspecified atom stereocenters. The number of carbonyl (C=O) groups excluding carboxylic acids is 1. The Morgan fingerprint density at radius 2 is 1.92 bits per heavy atom. The molecule has 1 aromatic heterocycles. The lowest BCUT2D eigenvalue weighted by Gasteiger charge is -2.34. The van der Waals surface area contributed by atoms with E-state index in [1.165, 1.54) is 16.7 Å². The first-order valence-electron chi connectivity index (χ1n) is 8.98. The summed E-state index contributed by atoms with van der Waals surface area (Å²) in [5.41, 5.74) is 5.00. The maximum absolute atomic E-state index is 12.5. The van der Waals surface area contributed by atoms with E-state index in [1.807, 2.05) is 11.8 Å². The van der Waals surface area contributed by atoms with E-state index in [0.717, 1.165) is 49.8 Å². The van der Waals surface area contributed by atoms with Crippen LogP contribution in [0.15, 0.2) is 23.6 Å². The highest BCUT2D eigenvalue weighted by Crippen LogP contribution is 2.15. The maximum atomic E-state index is 12.5. The number of hydrogen-bond acceptors (Lipinski definition) is 4. The summed E-state index contributed by atoms with van der Waals surface area (Å²) in [6.07, 6.45) is 1.44. The summed E-state index contributed by atoms with van der Waals surface area (Å²) < 4.78 is 0. The van der Waals surface area contributed by atoms with Crippen molar-refractivity contribution in [3.8, 4) is 0 Å². The zero-order chi connectivity index (χ0) is 17.8. The van der Waals surface area contributed by atoms with E-state index in [2.05, 4.69) is 47.3 Å². The van der Waals surface area contributed by atoms with Gasteiger partial charge in [-0.15, -0.1) is 11.3 Å². The number of rotatable bonds is 5. The average Bonchev–Trinajstić information content (AvgIpc) is 2.99. The highest BCUT2D eigenvalue weighted by molar-refractivity contribution is 7.09. The number of hydrogen-bond donors (Lipinski definition) is 0. The van der Waals surface area contributed by atoms with Crippen molar-refractivity contribution in [1.29, 1.82) is 0 Å². The molecule has 0 bridgehead atoms. The molecule has 3 rings (SSSR count). The van der Waals surface area contributed by atoms with Crippen molar-refractivity contribution in [2.75, 3.05) is 26.2 Å². The van der Waals surface area contributed by atoms with E-state index in [4.69, 9.17) is 0 Å². The Balaban J connectivity index is 1.45. The third-order valence-electron chi connectivity index (χ3n) is 4.88. The van der Waals surface area contributed by atoms with Crippen molar-refractivity contribution in [1.82, 2.24) is 14.8 Å². The van der Waals surface area contributed by atoms with Gasteiger partial charge in [0.15, 0.2) is 0 Å². The predicted molar refractivity (Wildman–Crippen MR) is 103 cm³/mol. The molecule has 0 radical (unpaired) electrons. The van der Waals surface area contributed by atoms with Crippen molar-refractivity contribution in [3.05, 3.63) is 51.0 Å². The Bertz CT molecular complexity index is 732. The van der Waals surface area contributed by atoms with Crippen molar-refractivity contribution < 1.29 is 4.79 Å². The molecule has 0 N–H and O–H groups in total. The van der Waals surface area contributed by atoms with Crippen molar-refractivity contribution >= 4 is 17.2 Å². The average molecular weight is 358 g/mol. The number of nitrogens with zero attached hydrogens (tertiary/aromatic N) is 3. The van der Waals surface area contributed by atoms with Crippen LogP contribution in [0, 0.1) is 20.8 Å². The normalized spacial score (nSPS) is 15.6. The summed E-state index contributed by atoms with van der Waals surface area (Å²) in [5.74, 6) is 0.282. The van der Waals surface area contributed by atoms with Crippen LogP contribution in [0.25, 0.3) is 0 Å². The predicted octanol–water partition coefficient (Wildman–Crippen LogP) is 3.35. The summed E-state index contributed by atoms with van der Waals surface area (Å²) in [4.78, 5) is 21.5. The second-order valence-electron chi connectivity index (χ2n) is 6.94. The van der Waals surface area contributed by atoms with Crippen molar-refractivity contribution in [2.24, 2.45) is 0 Å². The van der Waals surface area contributed by atoms with Gasteiger partial charge >= 0.3 is 0 Å². The number of aryl methyl sites for hydroxylation is 4. The second-order valence-corrected chi connectivity index (χ2v) is 8.01. The molecule has 0 atom stereocenters. The molecular weight excluding hydrogens is 330 g/mol. The van der Waals surface area contributed by atoms with Gasteiger partial charge < -0.3 is 4.90 Å². The molecule has 4 nitrogen and oxygen atoms in total.